The molecule has 0 aliphatic carbocycles. The van der Waals surface area contributed by atoms with Crippen LogP contribution >= 0.6 is 0 Å². The Morgan fingerprint density at radius 1 is 1.00 bits per heavy atom. The maximum Gasteiger partial charge on any atom is -0.0122 e. The summed E-state index contributed by atoms with van der Waals surface area (Å²) in [5.74, 6) is 1.53. The summed E-state index contributed by atoms with van der Waals surface area (Å²) in [6, 6.07) is 0. The Kier molecular flexibility index (Phi) is 6.36. The molecule has 0 saturated carbocycles. The van der Waals surface area contributed by atoms with Gasteiger partial charge in [0.2, 0.25) is 0 Å². The first-order valence-electron chi connectivity index (χ1n) is 6.96. The zero-order valence-corrected chi connectivity index (χ0v) is 12.8. The minimum absolute atomic E-state index is 0.412. The molecular formula is C16H32. The molecule has 0 N–H and O–H groups in total. The molecule has 96 valence electrons. The van der Waals surface area contributed by atoms with E-state index in [0.29, 0.717) is 5.41 Å². The highest BCUT2D eigenvalue weighted by molar-refractivity contribution is 5.19. The van der Waals surface area contributed by atoms with Gasteiger partial charge in [-0.15, -0.1) is 0 Å². The van der Waals surface area contributed by atoms with Crippen molar-refractivity contribution in [1.29, 1.82) is 0 Å². The fourth-order valence-corrected chi connectivity index (χ4v) is 2.51. The zero-order chi connectivity index (χ0) is 12.9. The van der Waals surface area contributed by atoms with Gasteiger partial charge in [0.25, 0.3) is 0 Å². The second-order valence-electron chi connectivity index (χ2n) is 6.11. The Balaban J connectivity index is 4.93. The van der Waals surface area contributed by atoms with Gasteiger partial charge in [0.05, 0.1) is 0 Å². The first kappa shape index (κ1) is 15.7. The minimum Gasteiger partial charge on any atom is -0.0710 e. The Bertz CT molecular complexity index is 228. The molecule has 0 rings (SSSR count). The van der Waals surface area contributed by atoms with Crippen molar-refractivity contribution in [3.8, 4) is 0 Å². The van der Waals surface area contributed by atoms with E-state index in [1.165, 1.54) is 19.3 Å². The lowest BCUT2D eigenvalue weighted by Crippen LogP contribution is -2.18. The van der Waals surface area contributed by atoms with Crippen LogP contribution in [-0.2, 0) is 0 Å². The molecule has 0 heterocycles. The van der Waals surface area contributed by atoms with Crippen LogP contribution in [0.3, 0.4) is 0 Å². The van der Waals surface area contributed by atoms with Gasteiger partial charge < -0.3 is 0 Å². The van der Waals surface area contributed by atoms with Crippen LogP contribution in [0, 0.1) is 17.3 Å². The van der Waals surface area contributed by atoms with Gasteiger partial charge in [-0.25, -0.2) is 0 Å². The zero-order valence-electron chi connectivity index (χ0n) is 12.8. The lowest BCUT2D eigenvalue weighted by molar-refractivity contribution is 0.356. The van der Waals surface area contributed by atoms with Crippen LogP contribution in [-0.4, -0.2) is 0 Å². The molecule has 0 fully saturated rings. The molecule has 0 spiro atoms. The summed E-state index contributed by atoms with van der Waals surface area (Å²) in [5, 5.41) is 0. The fourth-order valence-electron chi connectivity index (χ4n) is 2.51. The third-order valence-corrected chi connectivity index (χ3v) is 4.62. The summed E-state index contributed by atoms with van der Waals surface area (Å²) in [4.78, 5) is 0. The van der Waals surface area contributed by atoms with Crippen molar-refractivity contribution in [2.75, 3.05) is 0 Å². The van der Waals surface area contributed by atoms with Gasteiger partial charge in [-0.2, -0.15) is 0 Å². The number of hydrogen-bond donors (Lipinski definition) is 0. The summed E-state index contributed by atoms with van der Waals surface area (Å²) in [5.41, 5.74) is 3.67. The molecule has 1 unspecified atom stereocenters. The van der Waals surface area contributed by atoms with Crippen molar-refractivity contribution >= 4 is 0 Å². The molecule has 0 amide bonds. The van der Waals surface area contributed by atoms with E-state index in [1.807, 2.05) is 0 Å². The lowest BCUT2D eigenvalue weighted by atomic mass is 9.74. The molecule has 0 aromatic rings. The van der Waals surface area contributed by atoms with Crippen LogP contribution in [0.25, 0.3) is 0 Å². The van der Waals surface area contributed by atoms with E-state index in [9.17, 15) is 0 Å². The highest BCUT2D eigenvalue weighted by Gasteiger charge is 2.24. The lowest BCUT2D eigenvalue weighted by Gasteiger charge is -2.32. The quantitative estimate of drug-likeness (QED) is 0.498. The molecule has 0 bridgehead atoms. The normalized spacial score (nSPS) is 16.3. The van der Waals surface area contributed by atoms with Crippen LogP contribution < -0.4 is 0 Å². The van der Waals surface area contributed by atoms with Crippen LogP contribution in [0.1, 0.15) is 74.7 Å². The molecule has 0 aliphatic rings. The van der Waals surface area contributed by atoms with Gasteiger partial charge in [-0.3, -0.25) is 0 Å². The van der Waals surface area contributed by atoms with Gasteiger partial charge in [-0.1, -0.05) is 52.7 Å². The van der Waals surface area contributed by atoms with Gasteiger partial charge >= 0.3 is 0 Å². The largest absolute Gasteiger partial charge is 0.0710 e. The van der Waals surface area contributed by atoms with Crippen molar-refractivity contribution < 1.29 is 0 Å². The number of allylic oxidation sites excluding steroid dienone is 2. The first-order valence-corrected chi connectivity index (χ1v) is 6.96. The molecule has 1 atom stereocenters. The maximum absolute atomic E-state index is 2.41. The summed E-state index contributed by atoms with van der Waals surface area (Å²) >= 11 is 0. The Morgan fingerprint density at radius 2 is 1.44 bits per heavy atom. The maximum atomic E-state index is 2.41. The van der Waals surface area contributed by atoms with E-state index in [2.05, 4.69) is 55.4 Å². The molecular weight excluding hydrogens is 192 g/mol. The van der Waals surface area contributed by atoms with E-state index in [-0.39, 0.29) is 0 Å². The topological polar surface area (TPSA) is 0 Å². The summed E-state index contributed by atoms with van der Waals surface area (Å²) < 4.78 is 0. The summed E-state index contributed by atoms with van der Waals surface area (Å²) in [6.45, 7) is 18.7. The third-order valence-electron chi connectivity index (χ3n) is 4.62. The second-order valence-corrected chi connectivity index (χ2v) is 6.11. The monoisotopic (exact) mass is 224 g/mol. The van der Waals surface area contributed by atoms with E-state index >= 15 is 0 Å². The first-order chi connectivity index (χ1) is 7.28. The molecule has 0 aromatic carbocycles. The number of rotatable bonds is 6. The van der Waals surface area contributed by atoms with Crippen LogP contribution in [0.15, 0.2) is 11.1 Å². The predicted octanol–water partition coefficient (Wildman–Crippen LogP) is 5.83. The standard InChI is InChI=1S/C16H32/c1-9-16(8,10-2)15(7)14(6)13(5)11-12(3)4/h12-13H,9-11H2,1-8H3. The van der Waals surface area contributed by atoms with Crippen LogP contribution in [0.2, 0.25) is 0 Å². The average Bonchev–Trinajstić information content (AvgIpc) is 2.24. The molecule has 16 heavy (non-hydrogen) atoms. The molecule has 0 heteroatoms. The molecule has 0 radical (unpaired) electrons. The molecule has 0 nitrogen and oxygen atoms in total. The Hall–Kier alpha value is -0.260. The fraction of sp³-hybridized carbons (Fsp3) is 0.875. The number of hydrogen-bond acceptors (Lipinski definition) is 0. The van der Waals surface area contributed by atoms with Crippen molar-refractivity contribution in [1.82, 2.24) is 0 Å². The van der Waals surface area contributed by atoms with Gasteiger partial charge in [0.1, 0.15) is 0 Å². The molecule has 0 aliphatic heterocycles. The van der Waals surface area contributed by atoms with Gasteiger partial charge in [-0.05, 0) is 50.4 Å². The highest BCUT2D eigenvalue weighted by Crippen LogP contribution is 2.38. The van der Waals surface area contributed by atoms with E-state index < -0.39 is 0 Å². The van der Waals surface area contributed by atoms with Crippen LogP contribution in [0.5, 0.6) is 0 Å². The van der Waals surface area contributed by atoms with E-state index in [4.69, 9.17) is 0 Å². The van der Waals surface area contributed by atoms with Crippen molar-refractivity contribution in [3.05, 3.63) is 11.1 Å². The molecule has 0 aromatic heterocycles. The second kappa shape index (κ2) is 6.47. The average molecular weight is 224 g/mol. The SMILES string of the molecule is CCC(C)(CC)C(C)=C(C)C(C)CC(C)C. The smallest absolute Gasteiger partial charge is 0.0122 e. The predicted molar refractivity (Wildman–Crippen MR) is 75.7 cm³/mol. The Labute approximate surface area is 104 Å². The van der Waals surface area contributed by atoms with Crippen molar-refractivity contribution in [2.24, 2.45) is 17.3 Å². The van der Waals surface area contributed by atoms with Crippen LogP contribution in [0.4, 0.5) is 0 Å². The van der Waals surface area contributed by atoms with Gasteiger partial charge in [0, 0.05) is 0 Å². The summed E-state index contributed by atoms with van der Waals surface area (Å²) in [6.07, 6.45) is 3.81. The van der Waals surface area contributed by atoms with Crippen molar-refractivity contribution in [2.45, 2.75) is 74.7 Å². The third kappa shape index (κ3) is 3.96. The molecule has 0 saturated heterocycles. The van der Waals surface area contributed by atoms with E-state index in [0.717, 1.165) is 11.8 Å². The minimum atomic E-state index is 0.412. The summed E-state index contributed by atoms with van der Waals surface area (Å²) in [7, 11) is 0. The van der Waals surface area contributed by atoms with Crippen molar-refractivity contribution in [3.63, 3.8) is 0 Å². The van der Waals surface area contributed by atoms with Gasteiger partial charge in [0.15, 0.2) is 0 Å². The highest BCUT2D eigenvalue weighted by atomic mass is 14.3. The Morgan fingerprint density at radius 3 is 1.75 bits per heavy atom. The van der Waals surface area contributed by atoms with E-state index in [1.54, 1.807) is 11.1 Å².